The highest BCUT2D eigenvalue weighted by Gasteiger charge is 2.30. The fraction of sp³-hybridized carbons (Fsp3) is 0.500. The van der Waals surface area contributed by atoms with Gasteiger partial charge in [0.05, 0.1) is 7.11 Å². The van der Waals surface area contributed by atoms with Crippen LogP contribution in [0.2, 0.25) is 0 Å². The van der Waals surface area contributed by atoms with Gasteiger partial charge >= 0.3 is 0 Å². The maximum atomic E-state index is 13.5. The first-order chi connectivity index (χ1) is 16.4. The molecule has 0 saturated heterocycles. The molecule has 3 rings (SSSR count). The van der Waals surface area contributed by atoms with Crippen LogP contribution in [0.5, 0.6) is 11.5 Å². The molecule has 2 aromatic carbocycles. The van der Waals surface area contributed by atoms with Gasteiger partial charge in [0.15, 0.2) is 6.61 Å². The molecule has 1 atom stereocenters. The summed E-state index contributed by atoms with van der Waals surface area (Å²) in [7, 11) is 1.62. The largest absolute Gasteiger partial charge is 0.497 e. The van der Waals surface area contributed by atoms with Gasteiger partial charge in [-0.1, -0.05) is 50.5 Å². The van der Waals surface area contributed by atoms with Crippen molar-refractivity contribution in [3.8, 4) is 11.5 Å². The number of ether oxygens (including phenoxy) is 2. The van der Waals surface area contributed by atoms with Gasteiger partial charge in [-0.15, -0.1) is 0 Å². The van der Waals surface area contributed by atoms with E-state index in [0.29, 0.717) is 18.7 Å². The van der Waals surface area contributed by atoms with Crippen LogP contribution in [0.15, 0.2) is 42.5 Å². The van der Waals surface area contributed by atoms with Gasteiger partial charge in [0.1, 0.15) is 17.5 Å². The summed E-state index contributed by atoms with van der Waals surface area (Å²) in [6, 6.07) is 13.2. The smallest absolute Gasteiger partial charge is 0.261 e. The van der Waals surface area contributed by atoms with Crippen molar-refractivity contribution in [2.75, 3.05) is 13.7 Å². The summed E-state index contributed by atoms with van der Waals surface area (Å²) in [5.41, 5.74) is 2.95. The molecule has 1 unspecified atom stereocenters. The normalized spacial score (nSPS) is 14.8. The highest BCUT2D eigenvalue weighted by molar-refractivity contribution is 5.88. The molecule has 0 heterocycles. The van der Waals surface area contributed by atoms with E-state index in [2.05, 4.69) is 5.32 Å². The number of carbonyl (C=O) groups is 2. The SMILES string of the molecule is CCC(C(=O)NC1CCCCC1)N(Cc1cccc(OC)c1)C(=O)COc1cc(C)ccc1C. The van der Waals surface area contributed by atoms with E-state index in [0.717, 1.165) is 48.1 Å². The number of methoxy groups -OCH3 is 1. The summed E-state index contributed by atoms with van der Waals surface area (Å²) in [6.45, 7) is 6.08. The summed E-state index contributed by atoms with van der Waals surface area (Å²) in [6.07, 6.45) is 6.02. The molecule has 34 heavy (non-hydrogen) atoms. The Hall–Kier alpha value is -3.02. The Labute approximate surface area is 203 Å². The van der Waals surface area contributed by atoms with Crippen molar-refractivity contribution in [1.29, 1.82) is 0 Å². The fourth-order valence-electron chi connectivity index (χ4n) is 4.52. The summed E-state index contributed by atoms with van der Waals surface area (Å²) in [4.78, 5) is 28.4. The molecule has 184 valence electrons. The van der Waals surface area contributed by atoms with Gasteiger partial charge in [0.2, 0.25) is 5.91 Å². The highest BCUT2D eigenvalue weighted by atomic mass is 16.5. The van der Waals surface area contributed by atoms with E-state index in [1.165, 1.54) is 6.42 Å². The standard InChI is InChI=1S/C28H38N2O4/c1-5-25(28(32)29-23-11-7-6-8-12-23)30(18-22-10-9-13-24(17-22)33-4)27(31)19-34-26-16-20(2)14-15-21(26)3/h9-10,13-17,23,25H,5-8,11-12,18-19H2,1-4H3,(H,29,32). The average molecular weight is 467 g/mol. The predicted octanol–water partition coefficient (Wildman–Crippen LogP) is 4.95. The van der Waals surface area contributed by atoms with Gasteiger partial charge in [-0.2, -0.15) is 0 Å². The molecule has 0 bridgehead atoms. The first-order valence-electron chi connectivity index (χ1n) is 12.3. The Balaban J connectivity index is 1.79. The third-order valence-corrected chi connectivity index (χ3v) is 6.52. The number of hydrogen-bond acceptors (Lipinski definition) is 4. The first-order valence-corrected chi connectivity index (χ1v) is 12.3. The fourth-order valence-corrected chi connectivity index (χ4v) is 4.52. The maximum absolute atomic E-state index is 13.5. The number of nitrogens with zero attached hydrogens (tertiary/aromatic N) is 1. The van der Waals surface area contributed by atoms with Crippen molar-refractivity contribution < 1.29 is 19.1 Å². The third kappa shape index (κ3) is 6.99. The minimum Gasteiger partial charge on any atom is -0.497 e. The van der Waals surface area contributed by atoms with Crippen LogP contribution in [0.4, 0.5) is 0 Å². The average Bonchev–Trinajstić information content (AvgIpc) is 2.85. The van der Waals surface area contributed by atoms with Crippen molar-refractivity contribution in [1.82, 2.24) is 10.2 Å². The Morgan fingerprint density at radius 2 is 1.85 bits per heavy atom. The summed E-state index contributed by atoms with van der Waals surface area (Å²) >= 11 is 0. The zero-order valence-electron chi connectivity index (χ0n) is 20.9. The van der Waals surface area contributed by atoms with Crippen molar-refractivity contribution in [3.63, 3.8) is 0 Å². The van der Waals surface area contributed by atoms with E-state index in [-0.39, 0.29) is 24.5 Å². The zero-order valence-corrected chi connectivity index (χ0v) is 20.9. The van der Waals surface area contributed by atoms with Crippen LogP contribution in [-0.2, 0) is 16.1 Å². The Bertz CT molecular complexity index is 969. The van der Waals surface area contributed by atoms with Crippen molar-refractivity contribution in [2.24, 2.45) is 0 Å². The van der Waals surface area contributed by atoms with Crippen LogP contribution in [-0.4, -0.2) is 42.5 Å². The molecule has 1 aliphatic rings. The number of nitrogens with one attached hydrogen (secondary N) is 1. The predicted molar refractivity (Wildman–Crippen MR) is 134 cm³/mol. The third-order valence-electron chi connectivity index (χ3n) is 6.52. The number of carbonyl (C=O) groups excluding carboxylic acids is 2. The van der Waals surface area contributed by atoms with Crippen molar-refractivity contribution in [2.45, 2.75) is 77.9 Å². The van der Waals surface area contributed by atoms with Crippen LogP contribution >= 0.6 is 0 Å². The topological polar surface area (TPSA) is 67.9 Å². The molecule has 1 aliphatic carbocycles. The Kier molecular flexibility index (Phi) is 9.37. The van der Waals surface area contributed by atoms with E-state index in [1.807, 2.05) is 63.2 Å². The van der Waals surface area contributed by atoms with Crippen LogP contribution in [0.3, 0.4) is 0 Å². The minimum atomic E-state index is -0.567. The molecule has 0 aliphatic heterocycles. The number of benzene rings is 2. The summed E-state index contributed by atoms with van der Waals surface area (Å²) < 4.78 is 11.3. The van der Waals surface area contributed by atoms with Crippen LogP contribution < -0.4 is 14.8 Å². The molecule has 0 spiro atoms. The molecule has 1 N–H and O–H groups in total. The lowest BCUT2D eigenvalue weighted by Gasteiger charge is -2.32. The molecule has 1 fully saturated rings. The van der Waals surface area contributed by atoms with Gasteiger partial charge in [-0.05, 0) is 68.0 Å². The van der Waals surface area contributed by atoms with Gasteiger partial charge in [-0.25, -0.2) is 0 Å². The summed E-state index contributed by atoms with van der Waals surface area (Å²) in [5.74, 6) is 1.11. The van der Waals surface area contributed by atoms with E-state index in [1.54, 1.807) is 12.0 Å². The second kappa shape index (κ2) is 12.4. The number of rotatable bonds is 10. The van der Waals surface area contributed by atoms with Gasteiger partial charge in [-0.3, -0.25) is 9.59 Å². The van der Waals surface area contributed by atoms with E-state index in [9.17, 15) is 9.59 Å². The van der Waals surface area contributed by atoms with Crippen LogP contribution in [0, 0.1) is 13.8 Å². The lowest BCUT2D eigenvalue weighted by molar-refractivity contribution is -0.143. The monoisotopic (exact) mass is 466 g/mol. The van der Waals surface area contributed by atoms with Gasteiger partial charge < -0.3 is 19.7 Å². The second-order valence-corrected chi connectivity index (χ2v) is 9.20. The first kappa shape index (κ1) is 25.6. The quantitative estimate of drug-likeness (QED) is 0.538. The number of amides is 2. The van der Waals surface area contributed by atoms with Gasteiger partial charge in [0.25, 0.3) is 5.91 Å². The highest BCUT2D eigenvalue weighted by Crippen LogP contribution is 2.22. The van der Waals surface area contributed by atoms with E-state index in [4.69, 9.17) is 9.47 Å². The molecule has 6 heteroatoms. The van der Waals surface area contributed by atoms with Gasteiger partial charge in [0, 0.05) is 12.6 Å². The number of hydrogen-bond donors (Lipinski definition) is 1. The zero-order chi connectivity index (χ0) is 24.5. The van der Waals surface area contributed by atoms with Crippen molar-refractivity contribution in [3.05, 3.63) is 59.2 Å². The molecule has 6 nitrogen and oxygen atoms in total. The van der Waals surface area contributed by atoms with E-state index < -0.39 is 6.04 Å². The number of aryl methyl sites for hydroxylation is 2. The molecule has 2 amide bonds. The molecule has 0 aromatic heterocycles. The van der Waals surface area contributed by atoms with Crippen LogP contribution in [0.1, 0.15) is 62.1 Å². The maximum Gasteiger partial charge on any atom is 0.261 e. The Morgan fingerprint density at radius 1 is 1.09 bits per heavy atom. The van der Waals surface area contributed by atoms with E-state index >= 15 is 0 Å². The van der Waals surface area contributed by atoms with Crippen LogP contribution in [0.25, 0.3) is 0 Å². The molecule has 1 saturated carbocycles. The molecular weight excluding hydrogens is 428 g/mol. The Morgan fingerprint density at radius 3 is 2.56 bits per heavy atom. The lowest BCUT2D eigenvalue weighted by Crippen LogP contribution is -2.52. The van der Waals surface area contributed by atoms with Crippen molar-refractivity contribution >= 4 is 11.8 Å². The second-order valence-electron chi connectivity index (χ2n) is 9.20. The lowest BCUT2D eigenvalue weighted by atomic mass is 9.95. The summed E-state index contributed by atoms with van der Waals surface area (Å²) in [5, 5.41) is 3.21. The molecular formula is C28H38N2O4. The molecule has 0 radical (unpaired) electrons. The minimum absolute atomic E-state index is 0.0858. The molecule has 2 aromatic rings.